The molecule has 0 saturated heterocycles. The fraction of sp³-hybridized carbons (Fsp3) is 0.250. The summed E-state index contributed by atoms with van der Waals surface area (Å²) in [4.78, 5) is 1.26. The lowest BCUT2D eigenvalue weighted by Gasteiger charge is -1.95. The fourth-order valence-electron chi connectivity index (χ4n) is 0.963. The third kappa shape index (κ3) is 1.94. The summed E-state index contributed by atoms with van der Waals surface area (Å²) >= 11 is 7.87. The second-order valence-corrected chi connectivity index (χ2v) is 4.35. The first-order valence-corrected chi connectivity index (χ1v) is 6.41. The van der Waals surface area contributed by atoms with E-state index >= 15 is 0 Å². The SMILES string of the molecule is N#Cc1sc(C#N)c(CBr)c1CBr. The van der Waals surface area contributed by atoms with Crippen LogP contribution in [0.5, 0.6) is 0 Å². The zero-order chi connectivity index (χ0) is 9.84. The molecule has 0 bridgehead atoms. The summed E-state index contributed by atoms with van der Waals surface area (Å²) in [5, 5.41) is 18.8. The molecular weight excluding hydrogens is 316 g/mol. The highest BCUT2D eigenvalue weighted by molar-refractivity contribution is 9.09. The maximum absolute atomic E-state index is 8.79. The van der Waals surface area contributed by atoms with Gasteiger partial charge in [0, 0.05) is 10.7 Å². The minimum Gasteiger partial charge on any atom is -0.192 e. The minimum absolute atomic E-state index is 0.620. The third-order valence-electron chi connectivity index (χ3n) is 1.59. The molecule has 0 saturated carbocycles. The lowest BCUT2D eigenvalue weighted by molar-refractivity contribution is 1.32. The van der Waals surface area contributed by atoms with Crippen LogP contribution in [0.2, 0.25) is 0 Å². The summed E-state index contributed by atoms with van der Waals surface area (Å²) in [6.07, 6.45) is 0. The van der Waals surface area contributed by atoms with Gasteiger partial charge in [-0.2, -0.15) is 10.5 Å². The van der Waals surface area contributed by atoms with Gasteiger partial charge < -0.3 is 0 Å². The molecule has 0 amide bonds. The van der Waals surface area contributed by atoms with Gasteiger partial charge in [0.15, 0.2) is 0 Å². The van der Waals surface area contributed by atoms with Gasteiger partial charge in [-0.15, -0.1) is 11.3 Å². The van der Waals surface area contributed by atoms with Gasteiger partial charge in [-0.3, -0.25) is 0 Å². The van der Waals surface area contributed by atoms with Crippen molar-refractivity contribution in [3.05, 3.63) is 20.9 Å². The maximum Gasteiger partial charge on any atom is 0.110 e. The highest BCUT2D eigenvalue weighted by Crippen LogP contribution is 2.30. The van der Waals surface area contributed by atoms with Crippen molar-refractivity contribution < 1.29 is 0 Å². The number of nitrogens with zero attached hydrogens (tertiary/aromatic N) is 2. The first kappa shape index (κ1) is 10.7. The van der Waals surface area contributed by atoms with Crippen LogP contribution in [0.25, 0.3) is 0 Å². The molecule has 5 heteroatoms. The molecular formula is C8H4Br2N2S. The molecule has 0 N–H and O–H groups in total. The lowest BCUT2D eigenvalue weighted by Crippen LogP contribution is -1.85. The molecule has 66 valence electrons. The molecule has 0 fully saturated rings. The molecule has 0 radical (unpaired) electrons. The maximum atomic E-state index is 8.79. The van der Waals surface area contributed by atoms with Crippen molar-refractivity contribution >= 4 is 43.2 Å². The van der Waals surface area contributed by atoms with E-state index in [9.17, 15) is 0 Å². The zero-order valence-electron chi connectivity index (χ0n) is 6.47. The van der Waals surface area contributed by atoms with Gasteiger partial charge in [-0.05, 0) is 11.1 Å². The largest absolute Gasteiger partial charge is 0.192 e. The van der Waals surface area contributed by atoms with Gasteiger partial charge in [0.05, 0.1) is 0 Å². The van der Waals surface area contributed by atoms with Crippen molar-refractivity contribution in [2.75, 3.05) is 0 Å². The monoisotopic (exact) mass is 318 g/mol. The Morgan fingerprint density at radius 2 is 1.38 bits per heavy atom. The van der Waals surface area contributed by atoms with Crippen molar-refractivity contribution in [1.29, 1.82) is 10.5 Å². The van der Waals surface area contributed by atoms with Crippen molar-refractivity contribution in [3.63, 3.8) is 0 Å². The number of halogens is 2. The van der Waals surface area contributed by atoms with E-state index in [1.165, 1.54) is 11.3 Å². The summed E-state index contributed by atoms with van der Waals surface area (Å²) in [7, 11) is 0. The van der Waals surface area contributed by atoms with Crippen LogP contribution in [-0.4, -0.2) is 0 Å². The van der Waals surface area contributed by atoms with Crippen LogP contribution in [0.15, 0.2) is 0 Å². The van der Waals surface area contributed by atoms with Gasteiger partial charge in [-0.25, -0.2) is 0 Å². The van der Waals surface area contributed by atoms with Crippen molar-refractivity contribution in [2.24, 2.45) is 0 Å². The molecule has 0 aromatic carbocycles. The van der Waals surface area contributed by atoms with Gasteiger partial charge in [0.2, 0.25) is 0 Å². The number of rotatable bonds is 2. The summed E-state index contributed by atoms with van der Waals surface area (Å²) in [5.74, 6) is 0. The standard InChI is InChI=1S/C8H4Br2N2S/c9-1-5-6(2-10)8(4-12)13-7(5)3-11/h1-2H2. The van der Waals surface area contributed by atoms with Crippen LogP contribution >= 0.6 is 43.2 Å². The van der Waals surface area contributed by atoms with E-state index in [-0.39, 0.29) is 0 Å². The van der Waals surface area contributed by atoms with Gasteiger partial charge in [0.25, 0.3) is 0 Å². The Balaban J connectivity index is 3.38. The second kappa shape index (κ2) is 4.76. The molecule has 0 atom stereocenters. The molecule has 1 heterocycles. The van der Waals surface area contributed by atoms with Crippen LogP contribution in [0.1, 0.15) is 20.9 Å². The van der Waals surface area contributed by atoms with Crippen molar-refractivity contribution in [2.45, 2.75) is 10.7 Å². The van der Waals surface area contributed by atoms with E-state index in [1.807, 2.05) is 0 Å². The van der Waals surface area contributed by atoms with E-state index in [2.05, 4.69) is 44.0 Å². The molecule has 0 unspecified atom stereocenters. The molecule has 0 aliphatic carbocycles. The van der Waals surface area contributed by atoms with Crippen LogP contribution in [0, 0.1) is 22.7 Å². The van der Waals surface area contributed by atoms with E-state index in [0.717, 1.165) is 11.1 Å². The van der Waals surface area contributed by atoms with Gasteiger partial charge in [-0.1, -0.05) is 31.9 Å². The summed E-state index contributed by atoms with van der Waals surface area (Å²) in [6, 6.07) is 4.19. The molecule has 1 aromatic rings. The Bertz CT molecular complexity index is 361. The average Bonchev–Trinajstić information content (AvgIpc) is 2.54. The zero-order valence-corrected chi connectivity index (χ0v) is 10.5. The molecule has 1 rings (SSSR count). The number of thiophene rings is 1. The number of hydrogen-bond acceptors (Lipinski definition) is 3. The van der Waals surface area contributed by atoms with Gasteiger partial charge in [0.1, 0.15) is 21.9 Å². The number of hydrogen-bond donors (Lipinski definition) is 0. The molecule has 0 spiro atoms. The smallest absolute Gasteiger partial charge is 0.110 e. The summed E-state index contributed by atoms with van der Waals surface area (Å²) in [5.41, 5.74) is 1.86. The summed E-state index contributed by atoms with van der Waals surface area (Å²) < 4.78 is 0. The number of nitriles is 2. The predicted octanol–water partition coefficient (Wildman–Crippen LogP) is 3.28. The van der Waals surface area contributed by atoms with Crippen LogP contribution in [0.4, 0.5) is 0 Å². The van der Waals surface area contributed by atoms with Crippen LogP contribution < -0.4 is 0 Å². The highest BCUT2D eigenvalue weighted by Gasteiger charge is 2.15. The number of alkyl halides is 2. The Labute approximate surface area is 97.1 Å². The molecule has 0 aliphatic rings. The minimum atomic E-state index is 0.620. The van der Waals surface area contributed by atoms with Crippen molar-refractivity contribution in [3.8, 4) is 12.1 Å². The Morgan fingerprint density at radius 3 is 1.62 bits per heavy atom. The van der Waals surface area contributed by atoms with Gasteiger partial charge >= 0.3 is 0 Å². The quantitative estimate of drug-likeness (QED) is 0.785. The Hall–Kier alpha value is -0.360. The molecule has 2 nitrogen and oxygen atoms in total. The lowest BCUT2D eigenvalue weighted by atomic mass is 10.1. The van der Waals surface area contributed by atoms with Crippen LogP contribution in [0.3, 0.4) is 0 Å². The van der Waals surface area contributed by atoms with Crippen LogP contribution in [-0.2, 0) is 10.7 Å². The van der Waals surface area contributed by atoms with E-state index in [1.54, 1.807) is 0 Å². The van der Waals surface area contributed by atoms with Crippen molar-refractivity contribution in [1.82, 2.24) is 0 Å². The normalized spacial score (nSPS) is 9.23. The average molecular weight is 320 g/mol. The van der Waals surface area contributed by atoms with E-state index < -0.39 is 0 Å². The topological polar surface area (TPSA) is 47.6 Å². The van der Waals surface area contributed by atoms with E-state index in [0.29, 0.717) is 20.4 Å². The molecule has 13 heavy (non-hydrogen) atoms. The Morgan fingerprint density at radius 1 is 1.00 bits per heavy atom. The fourth-order valence-corrected chi connectivity index (χ4v) is 3.50. The summed E-state index contributed by atoms with van der Waals surface area (Å²) in [6.45, 7) is 0. The molecule has 0 aliphatic heterocycles. The first-order chi connectivity index (χ1) is 6.28. The highest BCUT2D eigenvalue weighted by atomic mass is 79.9. The first-order valence-electron chi connectivity index (χ1n) is 3.35. The predicted molar refractivity (Wildman–Crippen MR) is 59.0 cm³/mol. The third-order valence-corrected chi connectivity index (χ3v) is 3.79. The Kier molecular flexibility index (Phi) is 3.92. The van der Waals surface area contributed by atoms with E-state index in [4.69, 9.17) is 10.5 Å². The molecule has 1 aromatic heterocycles. The second-order valence-electron chi connectivity index (χ2n) is 2.21.